The molecule has 1 aliphatic rings. The molecule has 6 nitrogen and oxygen atoms in total. The Balaban J connectivity index is 1.47. The highest BCUT2D eigenvalue weighted by Crippen LogP contribution is 2.40. The number of halogens is 2. The highest BCUT2D eigenvalue weighted by atomic mass is 35.5. The van der Waals surface area contributed by atoms with Crippen molar-refractivity contribution in [2.24, 2.45) is 0 Å². The smallest absolute Gasteiger partial charge is 0.230 e. The van der Waals surface area contributed by atoms with E-state index in [1.54, 1.807) is 12.1 Å². The van der Waals surface area contributed by atoms with E-state index in [9.17, 15) is 9.50 Å². The van der Waals surface area contributed by atoms with Crippen molar-refractivity contribution in [3.05, 3.63) is 75.6 Å². The van der Waals surface area contributed by atoms with Crippen LogP contribution in [0.5, 0.6) is 5.88 Å². The number of hydrogen-bond acceptors (Lipinski definition) is 6. The summed E-state index contributed by atoms with van der Waals surface area (Å²) in [7, 11) is 0. The van der Waals surface area contributed by atoms with Gasteiger partial charge in [0.25, 0.3) is 0 Å². The van der Waals surface area contributed by atoms with E-state index in [2.05, 4.69) is 25.9 Å². The van der Waals surface area contributed by atoms with Gasteiger partial charge in [-0.2, -0.15) is 4.52 Å². The Morgan fingerprint density at radius 2 is 1.88 bits per heavy atom. The summed E-state index contributed by atoms with van der Waals surface area (Å²) >= 11 is 7.61. The van der Waals surface area contributed by atoms with Gasteiger partial charge in [-0.15, -0.1) is 5.10 Å². The van der Waals surface area contributed by atoms with Crippen molar-refractivity contribution in [2.45, 2.75) is 19.4 Å². The summed E-state index contributed by atoms with van der Waals surface area (Å²) in [5, 5.41) is 16.2. The van der Waals surface area contributed by atoms with Gasteiger partial charge in [0, 0.05) is 43.3 Å². The number of thiazole rings is 1. The molecule has 2 aromatic heterocycles. The van der Waals surface area contributed by atoms with Crippen LogP contribution in [0.4, 0.5) is 10.1 Å². The second-order valence-electron chi connectivity index (χ2n) is 7.82. The van der Waals surface area contributed by atoms with Crippen LogP contribution in [-0.4, -0.2) is 50.8 Å². The minimum absolute atomic E-state index is 0.101. The fourth-order valence-electron chi connectivity index (χ4n) is 4.20. The predicted octanol–water partition coefficient (Wildman–Crippen LogP) is 4.76. The number of piperazine rings is 1. The van der Waals surface area contributed by atoms with Crippen molar-refractivity contribution in [2.75, 3.05) is 31.1 Å². The number of benzene rings is 2. The number of anilines is 1. The lowest BCUT2D eigenvalue weighted by Crippen LogP contribution is -2.47. The van der Waals surface area contributed by atoms with Crippen molar-refractivity contribution in [3.8, 4) is 5.88 Å². The molecular formula is C23H23ClFN5OS. The molecule has 3 heterocycles. The summed E-state index contributed by atoms with van der Waals surface area (Å²) in [5.41, 5.74) is 2.03. The van der Waals surface area contributed by atoms with Gasteiger partial charge < -0.3 is 10.0 Å². The molecule has 1 saturated heterocycles. The van der Waals surface area contributed by atoms with Crippen LogP contribution < -0.4 is 4.90 Å². The molecule has 5 rings (SSSR count). The third-order valence-corrected chi connectivity index (χ3v) is 7.15. The van der Waals surface area contributed by atoms with E-state index < -0.39 is 0 Å². The van der Waals surface area contributed by atoms with E-state index in [4.69, 9.17) is 11.6 Å². The molecule has 2 aromatic carbocycles. The lowest BCUT2D eigenvalue weighted by Gasteiger charge is -2.40. The second kappa shape index (κ2) is 8.69. The number of nitrogens with zero attached hydrogens (tertiary/aromatic N) is 5. The largest absolute Gasteiger partial charge is 0.492 e. The normalized spacial score (nSPS) is 16.0. The Bertz CT molecular complexity index is 1230. The summed E-state index contributed by atoms with van der Waals surface area (Å²) in [6.45, 7) is 5.18. The van der Waals surface area contributed by atoms with E-state index in [0.717, 1.165) is 47.3 Å². The van der Waals surface area contributed by atoms with Crippen LogP contribution in [0.3, 0.4) is 0 Å². The van der Waals surface area contributed by atoms with Gasteiger partial charge >= 0.3 is 0 Å². The molecule has 0 bridgehead atoms. The Labute approximate surface area is 194 Å². The van der Waals surface area contributed by atoms with Crippen molar-refractivity contribution in [1.82, 2.24) is 19.5 Å². The van der Waals surface area contributed by atoms with Crippen molar-refractivity contribution >= 4 is 33.6 Å². The van der Waals surface area contributed by atoms with Crippen molar-refractivity contribution < 1.29 is 9.50 Å². The summed E-state index contributed by atoms with van der Waals surface area (Å²) < 4.78 is 15.2. The second-order valence-corrected chi connectivity index (χ2v) is 9.27. The third kappa shape index (κ3) is 3.94. The number of hydrogen-bond donors (Lipinski definition) is 1. The standard InChI is InChI=1S/C23H23ClFN5OS/c1-2-19-26-23-30(27-19)22(31)21(32-23)20(15-6-8-17(25)9-7-15)29-12-10-28(11-13-29)18-5-3-4-16(24)14-18/h3-9,14,20,31H,2,10-13H2,1H3/t20-/m0/s1. The molecular weight excluding hydrogens is 449 g/mol. The third-order valence-electron chi connectivity index (χ3n) is 5.85. The first-order valence-electron chi connectivity index (χ1n) is 10.6. The molecule has 1 fully saturated rings. The van der Waals surface area contributed by atoms with Crippen LogP contribution in [0.2, 0.25) is 5.02 Å². The van der Waals surface area contributed by atoms with Gasteiger partial charge in [-0.05, 0) is 35.9 Å². The van der Waals surface area contributed by atoms with Gasteiger partial charge in [0.05, 0.1) is 10.9 Å². The van der Waals surface area contributed by atoms with E-state index >= 15 is 0 Å². The summed E-state index contributed by atoms with van der Waals surface area (Å²) in [6, 6.07) is 14.2. The van der Waals surface area contributed by atoms with Crippen LogP contribution in [0.15, 0.2) is 48.5 Å². The molecule has 1 N–H and O–H groups in total. The zero-order valence-electron chi connectivity index (χ0n) is 17.6. The van der Waals surface area contributed by atoms with Gasteiger partial charge in [0.15, 0.2) is 5.82 Å². The van der Waals surface area contributed by atoms with E-state index in [1.807, 2.05) is 25.1 Å². The van der Waals surface area contributed by atoms with E-state index in [0.29, 0.717) is 17.2 Å². The molecule has 0 spiro atoms. The van der Waals surface area contributed by atoms with Crippen LogP contribution in [-0.2, 0) is 6.42 Å². The van der Waals surface area contributed by atoms with Gasteiger partial charge in [-0.1, -0.05) is 48.1 Å². The summed E-state index contributed by atoms with van der Waals surface area (Å²) in [5.74, 6) is 0.521. The molecule has 1 atom stereocenters. The fourth-order valence-corrected chi connectivity index (χ4v) is 5.52. The molecule has 166 valence electrons. The van der Waals surface area contributed by atoms with Crippen LogP contribution in [0.1, 0.15) is 29.2 Å². The number of rotatable bonds is 5. The molecule has 0 amide bonds. The van der Waals surface area contributed by atoms with Crippen molar-refractivity contribution in [3.63, 3.8) is 0 Å². The zero-order valence-corrected chi connectivity index (χ0v) is 19.2. The molecule has 4 aromatic rings. The highest BCUT2D eigenvalue weighted by molar-refractivity contribution is 7.17. The monoisotopic (exact) mass is 471 g/mol. The predicted molar refractivity (Wildman–Crippen MR) is 125 cm³/mol. The van der Waals surface area contributed by atoms with Gasteiger partial charge in [0.2, 0.25) is 10.8 Å². The molecule has 32 heavy (non-hydrogen) atoms. The Morgan fingerprint density at radius 3 is 2.53 bits per heavy atom. The molecule has 9 heteroatoms. The summed E-state index contributed by atoms with van der Waals surface area (Å²) in [6.07, 6.45) is 0.704. The lowest BCUT2D eigenvalue weighted by atomic mass is 10.0. The topological polar surface area (TPSA) is 56.9 Å². The minimum Gasteiger partial charge on any atom is -0.492 e. The Morgan fingerprint density at radius 1 is 1.12 bits per heavy atom. The number of aryl methyl sites for hydroxylation is 1. The average molecular weight is 472 g/mol. The molecule has 0 saturated carbocycles. The zero-order chi connectivity index (χ0) is 22.2. The quantitative estimate of drug-likeness (QED) is 0.454. The van der Waals surface area contributed by atoms with Crippen molar-refractivity contribution in [1.29, 1.82) is 0 Å². The highest BCUT2D eigenvalue weighted by Gasteiger charge is 2.32. The number of aromatic nitrogens is 3. The van der Waals surface area contributed by atoms with E-state index in [1.165, 1.54) is 28.0 Å². The Kier molecular flexibility index (Phi) is 5.75. The van der Waals surface area contributed by atoms with Gasteiger partial charge in [-0.25, -0.2) is 9.37 Å². The maximum absolute atomic E-state index is 13.6. The first kappa shape index (κ1) is 21.2. The number of fused-ring (bicyclic) bond motifs is 1. The average Bonchev–Trinajstić information content (AvgIpc) is 3.35. The number of aromatic hydroxyl groups is 1. The summed E-state index contributed by atoms with van der Waals surface area (Å²) in [4.78, 5) is 10.6. The molecule has 0 aliphatic carbocycles. The molecule has 0 radical (unpaired) electrons. The maximum atomic E-state index is 13.6. The van der Waals surface area contributed by atoms with E-state index in [-0.39, 0.29) is 17.7 Å². The van der Waals surface area contributed by atoms with Crippen LogP contribution >= 0.6 is 22.9 Å². The fraction of sp³-hybridized carbons (Fsp3) is 0.304. The SMILES string of the molecule is CCc1nc2sc([C@H](c3ccc(F)cc3)N3CCN(c4cccc(Cl)c4)CC3)c(O)n2n1. The first-order valence-corrected chi connectivity index (χ1v) is 11.8. The van der Waals surface area contributed by atoms with Crippen LogP contribution in [0, 0.1) is 5.82 Å². The van der Waals surface area contributed by atoms with Crippen LogP contribution in [0.25, 0.3) is 4.96 Å². The first-order chi connectivity index (χ1) is 15.5. The van der Waals surface area contributed by atoms with Gasteiger partial charge in [-0.3, -0.25) is 4.90 Å². The lowest BCUT2D eigenvalue weighted by molar-refractivity contribution is 0.211. The minimum atomic E-state index is -0.280. The maximum Gasteiger partial charge on any atom is 0.230 e. The molecule has 0 unspecified atom stereocenters. The van der Waals surface area contributed by atoms with Gasteiger partial charge in [0.1, 0.15) is 5.82 Å². The molecule has 1 aliphatic heterocycles. The Hall–Kier alpha value is -2.68.